The van der Waals surface area contributed by atoms with Crippen LogP contribution in [0.15, 0.2) is 0 Å². The van der Waals surface area contributed by atoms with Crippen molar-refractivity contribution >= 4 is 12.0 Å². The van der Waals surface area contributed by atoms with Gasteiger partial charge in [-0.15, -0.1) is 0 Å². The maximum atomic E-state index is 12.1. The second kappa shape index (κ2) is 6.53. The molecular formula is C13H21F3N2O3. The Morgan fingerprint density at radius 1 is 1.24 bits per heavy atom. The Morgan fingerprint density at radius 2 is 1.86 bits per heavy atom. The molecule has 1 heterocycles. The Labute approximate surface area is 121 Å². The van der Waals surface area contributed by atoms with Gasteiger partial charge in [0, 0.05) is 6.54 Å². The van der Waals surface area contributed by atoms with Crippen LogP contribution in [0, 0.1) is 0 Å². The Hall–Kier alpha value is -1.47. The molecule has 0 spiro atoms. The molecular weight excluding hydrogens is 289 g/mol. The first-order valence-electron chi connectivity index (χ1n) is 6.84. The average Bonchev–Trinajstić information content (AvgIpc) is 2.33. The van der Waals surface area contributed by atoms with Gasteiger partial charge in [-0.3, -0.25) is 9.69 Å². The van der Waals surface area contributed by atoms with E-state index in [2.05, 4.69) is 0 Å². The number of carbonyl (C=O) groups excluding carboxylic acids is 2. The molecule has 0 aliphatic carbocycles. The van der Waals surface area contributed by atoms with Crippen molar-refractivity contribution in [2.45, 2.75) is 57.9 Å². The molecule has 0 radical (unpaired) electrons. The first-order valence-corrected chi connectivity index (χ1v) is 6.84. The molecule has 0 unspecified atom stereocenters. The number of alkyl halides is 3. The van der Waals surface area contributed by atoms with Gasteiger partial charge < -0.3 is 10.1 Å². The average molecular weight is 310 g/mol. The van der Waals surface area contributed by atoms with Crippen LogP contribution in [0.25, 0.3) is 0 Å². The fourth-order valence-corrected chi connectivity index (χ4v) is 2.05. The minimum Gasteiger partial charge on any atom is -0.444 e. The van der Waals surface area contributed by atoms with E-state index in [0.717, 1.165) is 0 Å². The van der Waals surface area contributed by atoms with Gasteiger partial charge in [-0.1, -0.05) is 0 Å². The second-order valence-corrected chi connectivity index (χ2v) is 6.02. The molecule has 1 saturated heterocycles. The Kier molecular flexibility index (Phi) is 5.47. The summed E-state index contributed by atoms with van der Waals surface area (Å²) in [7, 11) is 0. The first-order chi connectivity index (χ1) is 9.49. The zero-order valence-corrected chi connectivity index (χ0v) is 12.4. The van der Waals surface area contributed by atoms with Gasteiger partial charge in [-0.05, 0) is 40.0 Å². The molecule has 0 aromatic heterocycles. The summed E-state index contributed by atoms with van der Waals surface area (Å²) >= 11 is 0. The van der Waals surface area contributed by atoms with E-state index in [0.29, 0.717) is 25.8 Å². The number of nitrogens with zero attached hydrogens (tertiary/aromatic N) is 1. The van der Waals surface area contributed by atoms with Crippen LogP contribution < -0.4 is 5.32 Å². The molecule has 1 aliphatic rings. The fourth-order valence-electron chi connectivity index (χ4n) is 2.05. The first kappa shape index (κ1) is 17.6. The number of hydrogen-bond donors (Lipinski definition) is 1. The Morgan fingerprint density at radius 3 is 2.38 bits per heavy atom. The van der Waals surface area contributed by atoms with E-state index >= 15 is 0 Å². The van der Waals surface area contributed by atoms with Crippen molar-refractivity contribution in [1.82, 2.24) is 10.2 Å². The van der Waals surface area contributed by atoms with Crippen molar-refractivity contribution in [3.63, 3.8) is 0 Å². The summed E-state index contributed by atoms with van der Waals surface area (Å²) in [5, 5.41) is 1.83. The predicted octanol–water partition coefficient (Wildman–Crippen LogP) is 2.45. The van der Waals surface area contributed by atoms with E-state index in [1.54, 1.807) is 20.8 Å². The van der Waals surface area contributed by atoms with E-state index in [-0.39, 0.29) is 0 Å². The van der Waals surface area contributed by atoms with E-state index in [1.807, 2.05) is 5.32 Å². The molecule has 1 N–H and O–H groups in total. The van der Waals surface area contributed by atoms with Gasteiger partial charge >= 0.3 is 12.3 Å². The van der Waals surface area contributed by atoms with Crippen LogP contribution >= 0.6 is 0 Å². The molecule has 0 aromatic carbocycles. The number of likely N-dealkylation sites (tertiary alicyclic amines) is 1. The fraction of sp³-hybridized carbons (Fsp3) is 0.846. The second-order valence-electron chi connectivity index (χ2n) is 6.02. The quantitative estimate of drug-likeness (QED) is 0.852. The lowest BCUT2D eigenvalue weighted by Crippen LogP contribution is -2.54. The zero-order chi connectivity index (χ0) is 16.3. The third-order valence-electron chi connectivity index (χ3n) is 2.90. The zero-order valence-electron chi connectivity index (χ0n) is 12.4. The molecule has 2 amide bonds. The molecule has 21 heavy (non-hydrogen) atoms. The minimum atomic E-state index is -4.47. The summed E-state index contributed by atoms with van der Waals surface area (Å²) in [6.45, 7) is 3.97. The highest BCUT2D eigenvalue weighted by atomic mass is 19.4. The third-order valence-corrected chi connectivity index (χ3v) is 2.90. The number of piperidine rings is 1. The number of hydrogen-bond acceptors (Lipinski definition) is 3. The van der Waals surface area contributed by atoms with Gasteiger partial charge in [0.25, 0.3) is 0 Å². The lowest BCUT2D eigenvalue weighted by Gasteiger charge is -2.35. The summed E-state index contributed by atoms with van der Waals surface area (Å²) in [4.78, 5) is 25.1. The highest BCUT2D eigenvalue weighted by Crippen LogP contribution is 2.21. The number of amides is 2. The molecule has 122 valence electrons. The summed E-state index contributed by atoms with van der Waals surface area (Å²) in [5.74, 6) is -0.794. The summed E-state index contributed by atoms with van der Waals surface area (Å²) < 4.78 is 41.6. The lowest BCUT2D eigenvalue weighted by molar-refractivity contribution is -0.142. The van der Waals surface area contributed by atoms with Crippen LogP contribution in [0.1, 0.15) is 40.0 Å². The molecule has 5 nitrogen and oxygen atoms in total. The summed E-state index contributed by atoms with van der Waals surface area (Å²) in [6.07, 6.45) is -3.43. The van der Waals surface area contributed by atoms with Crippen molar-refractivity contribution in [3.8, 4) is 0 Å². The number of rotatable bonds is 2. The van der Waals surface area contributed by atoms with Crippen molar-refractivity contribution in [2.24, 2.45) is 0 Å². The molecule has 0 bridgehead atoms. The molecule has 1 rings (SSSR count). The van der Waals surface area contributed by atoms with Gasteiger partial charge in [-0.25, -0.2) is 4.79 Å². The Bertz CT molecular complexity index is 391. The normalized spacial score (nSPS) is 20.1. The molecule has 1 fully saturated rings. The predicted molar refractivity (Wildman–Crippen MR) is 69.6 cm³/mol. The SMILES string of the molecule is CC(C)(C)OC(=O)N1CCCC[C@@H]1C(=O)NCC(F)(F)F. The highest BCUT2D eigenvalue weighted by molar-refractivity contribution is 5.85. The van der Waals surface area contributed by atoms with Gasteiger partial charge in [0.15, 0.2) is 0 Å². The topological polar surface area (TPSA) is 58.6 Å². The van der Waals surface area contributed by atoms with Crippen molar-refractivity contribution in [2.75, 3.05) is 13.1 Å². The monoisotopic (exact) mass is 310 g/mol. The van der Waals surface area contributed by atoms with Crippen molar-refractivity contribution in [3.05, 3.63) is 0 Å². The smallest absolute Gasteiger partial charge is 0.410 e. The van der Waals surface area contributed by atoms with Crippen LogP contribution in [0.4, 0.5) is 18.0 Å². The molecule has 1 atom stereocenters. The standard InChI is InChI=1S/C13H21F3N2O3/c1-12(2,3)21-11(20)18-7-5-4-6-9(18)10(19)17-8-13(14,15)16/h9H,4-8H2,1-3H3,(H,17,19)/t9-/m1/s1. The number of halogens is 3. The van der Waals surface area contributed by atoms with E-state index in [9.17, 15) is 22.8 Å². The van der Waals surface area contributed by atoms with Crippen LogP contribution in [-0.2, 0) is 9.53 Å². The molecule has 0 aromatic rings. The maximum Gasteiger partial charge on any atom is 0.410 e. The van der Waals surface area contributed by atoms with Crippen LogP contribution in [0.5, 0.6) is 0 Å². The minimum absolute atomic E-state index is 0.305. The summed E-state index contributed by atoms with van der Waals surface area (Å²) in [6, 6.07) is -0.907. The summed E-state index contributed by atoms with van der Waals surface area (Å²) in [5.41, 5.74) is -0.721. The lowest BCUT2D eigenvalue weighted by atomic mass is 10.0. The van der Waals surface area contributed by atoms with Crippen molar-refractivity contribution < 1.29 is 27.5 Å². The largest absolute Gasteiger partial charge is 0.444 e. The van der Waals surface area contributed by atoms with Gasteiger partial charge in [-0.2, -0.15) is 13.2 Å². The van der Waals surface area contributed by atoms with Crippen LogP contribution in [-0.4, -0.2) is 47.8 Å². The van der Waals surface area contributed by atoms with E-state index < -0.39 is 36.4 Å². The van der Waals surface area contributed by atoms with Crippen LogP contribution in [0.2, 0.25) is 0 Å². The van der Waals surface area contributed by atoms with E-state index in [4.69, 9.17) is 4.74 Å². The Balaban J connectivity index is 2.68. The third kappa shape index (κ3) is 6.22. The van der Waals surface area contributed by atoms with Crippen molar-refractivity contribution in [1.29, 1.82) is 0 Å². The highest BCUT2D eigenvalue weighted by Gasteiger charge is 2.36. The number of nitrogens with one attached hydrogen (secondary N) is 1. The van der Waals surface area contributed by atoms with Gasteiger partial charge in [0.05, 0.1) is 0 Å². The van der Waals surface area contributed by atoms with E-state index in [1.165, 1.54) is 4.90 Å². The molecule has 1 aliphatic heterocycles. The molecule has 0 saturated carbocycles. The number of ether oxygens (including phenoxy) is 1. The maximum absolute atomic E-state index is 12.1. The van der Waals surface area contributed by atoms with Crippen LogP contribution in [0.3, 0.4) is 0 Å². The van der Waals surface area contributed by atoms with Gasteiger partial charge in [0.1, 0.15) is 18.2 Å². The van der Waals surface area contributed by atoms with Gasteiger partial charge in [0.2, 0.25) is 5.91 Å². The number of carbonyl (C=O) groups is 2. The molecule has 8 heteroatoms.